The molecule has 1 aromatic carbocycles. The van der Waals surface area contributed by atoms with E-state index in [4.69, 9.17) is 5.73 Å². The minimum atomic E-state index is 0.812. The van der Waals surface area contributed by atoms with Gasteiger partial charge >= 0.3 is 0 Å². The van der Waals surface area contributed by atoms with Crippen LogP contribution in [0.5, 0.6) is 0 Å². The average molecular weight is 201 g/mol. The summed E-state index contributed by atoms with van der Waals surface area (Å²) in [4.78, 5) is 5.30. The van der Waals surface area contributed by atoms with E-state index >= 15 is 0 Å². The zero-order chi connectivity index (χ0) is 10.7. The van der Waals surface area contributed by atoms with E-state index in [-0.39, 0.29) is 0 Å². The molecule has 0 unspecified atom stereocenters. The maximum atomic E-state index is 5.90. The number of hydrogen-bond donors (Lipinski definition) is 2. The highest BCUT2D eigenvalue weighted by Gasteiger charge is 2.04. The second kappa shape index (κ2) is 4.09. The monoisotopic (exact) mass is 201 g/mol. The maximum absolute atomic E-state index is 5.90. The van der Waals surface area contributed by atoms with E-state index in [2.05, 4.69) is 16.0 Å². The minimum Gasteiger partial charge on any atom is -0.397 e. The van der Waals surface area contributed by atoms with E-state index in [1.54, 1.807) is 0 Å². The molecule has 0 radical (unpaired) electrons. The van der Waals surface area contributed by atoms with Crippen molar-refractivity contribution in [2.75, 3.05) is 17.7 Å². The fraction of sp³-hybridized carbons (Fsp3) is 0.167. The molecular weight excluding hydrogens is 186 g/mol. The van der Waals surface area contributed by atoms with Crippen molar-refractivity contribution in [3.05, 3.63) is 48.3 Å². The number of nitrogens with zero attached hydrogens (tertiary/aromatic N) is 1. The van der Waals surface area contributed by atoms with E-state index in [0.29, 0.717) is 0 Å². The number of para-hydroxylation sites is 2. The normalized spacial score (nSPS) is 10.2. The Labute approximate surface area is 89.5 Å². The van der Waals surface area contributed by atoms with Gasteiger partial charge in [0.15, 0.2) is 0 Å². The number of benzene rings is 1. The van der Waals surface area contributed by atoms with Crippen molar-refractivity contribution in [2.24, 2.45) is 0 Å². The van der Waals surface area contributed by atoms with Crippen molar-refractivity contribution in [2.45, 2.75) is 6.54 Å². The van der Waals surface area contributed by atoms with Gasteiger partial charge in [0.2, 0.25) is 0 Å². The van der Waals surface area contributed by atoms with Crippen LogP contribution in [0.15, 0.2) is 42.6 Å². The molecule has 0 spiro atoms. The van der Waals surface area contributed by atoms with Crippen molar-refractivity contribution in [1.82, 2.24) is 4.98 Å². The highest BCUT2D eigenvalue weighted by molar-refractivity contribution is 5.66. The number of H-pyrrole nitrogens is 1. The van der Waals surface area contributed by atoms with Gasteiger partial charge in [-0.3, -0.25) is 0 Å². The molecule has 15 heavy (non-hydrogen) atoms. The van der Waals surface area contributed by atoms with Crippen LogP contribution in [0, 0.1) is 0 Å². The number of nitrogens with two attached hydrogens (primary N) is 1. The van der Waals surface area contributed by atoms with Crippen molar-refractivity contribution in [3.63, 3.8) is 0 Å². The van der Waals surface area contributed by atoms with Gasteiger partial charge in [-0.25, -0.2) is 0 Å². The Hall–Kier alpha value is -1.90. The molecule has 0 aliphatic rings. The van der Waals surface area contributed by atoms with E-state index < -0.39 is 0 Å². The lowest BCUT2D eigenvalue weighted by Gasteiger charge is -2.20. The van der Waals surface area contributed by atoms with Crippen LogP contribution in [-0.2, 0) is 6.54 Å². The standard InChI is InChI=1S/C12H15N3/c1-15(9-10-5-4-8-14-10)12-7-3-2-6-11(12)13/h2-8,14H,9,13H2,1H3. The number of anilines is 2. The Morgan fingerprint density at radius 2 is 2.00 bits per heavy atom. The first-order valence-electron chi connectivity index (χ1n) is 4.95. The molecule has 0 saturated heterocycles. The molecule has 0 aliphatic carbocycles. The van der Waals surface area contributed by atoms with Crippen LogP contribution < -0.4 is 10.6 Å². The van der Waals surface area contributed by atoms with Gasteiger partial charge in [-0.15, -0.1) is 0 Å². The number of aromatic amines is 1. The van der Waals surface area contributed by atoms with Gasteiger partial charge in [0.1, 0.15) is 0 Å². The number of aromatic nitrogens is 1. The van der Waals surface area contributed by atoms with Crippen molar-refractivity contribution in [1.29, 1.82) is 0 Å². The Morgan fingerprint density at radius 3 is 2.67 bits per heavy atom. The lowest BCUT2D eigenvalue weighted by molar-refractivity contribution is 0.896. The smallest absolute Gasteiger partial charge is 0.0600 e. The minimum absolute atomic E-state index is 0.812. The Kier molecular flexibility index (Phi) is 2.63. The third kappa shape index (κ3) is 2.13. The zero-order valence-corrected chi connectivity index (χ0v) is 8.77. The number of rotatable bonds is 3. The Morgan fingerprint density at radius 1 is 1.20 bits per heavy atom. The predicted molar refractivity (Wildman–Crippen MR) is 63.8 cm³/mol. The van der Waals surface area contributed by atoms with Gasteiger partial charge in [0.25, 0.3) is 0 Å². The van der Waals surface area contributed by atoms with Gasteiger partial charge in [-0.2, -0.15) is 0 Å². The number of hydrogen-bond acceptors (Lipinski definition) is 2. The average Bonchev–Trinajstić information content (AvgIpc) is 2.71. The largest absolute Gasteiger partial charge is 0.397 e. The van der Waals surface area contributed by atoms with E-state index in [9.17, 15) is 0 Å². The van der Waals surface area contributed by atoms with Crippen LogP contribution in [0.2, 0.25) is 0 Å². The molecule has 78 valence electrons. The highest BCUT2D eigenvalue weighted by atomic mass is 15.1. The lowest BCUT2D eigenvalue weighted by atomic mass is 10.2. The van der Waals surface area contributed by atoms with Crippen LogP contribution in [0.1, 0.15) is 5.69 Å². The fourth-order valence-corrected chi connectivity index (χ4v) is 1.64. The summed E-state index contributed by atoms with van der Waals surface area (Å²) in [6, 6.07) is 11.9. The first kappa shape index (κ1) is 9.65. The Bertz CT molecular complexity index is 420. The van der Waals surface area contributed by atoms with Crippen LogP contribution in [-0.4, -0.2) is 12.0 Å². The molecule has 3 nitrogen and oxygen atoms in total. The van der Waals surface area contributed by atoms with Crippen LogP contribution in [0.4, 0.5) is 11.4 Å². The number of nitrogen functional groups attached to an aromatic ring is 1. The van der Waals surface area contributed by atoms with Crippen LogP contribution in [0.25, 0.3) is 0 Å². The molecule has 0 atom stereocenters. The molecule has 2 rings (SSSR count). The first-order chi connectivity index (χ1) is 7.27. The molecule has 0 saturated carbocycles. The summed E-state index contributed by atoms with van der Waals surface area (Å²) in [7, 11) is 2.03. The fourth-order valence-electron chi connectivity index (χ4n) is 1.64. The van der Waals surface area contributed by atoms with Gasteiger partial charge in [0.05, 0.1) is 17.9 Å². The zero-order valence-electron chi connectivity index (χ0n) is 8.77. The summed E-state index contributed by atoms with van der Waals surface area (Å²) < 4.78 is 0. The SMILES string of the molecule is CN(Cc1ccc[nH]1)c1ccccc1N. The van der Waals surface area contributed by atoms with Gasteiger partial charge in [0, 0.05) is 18.9 Å². The second-order valence-corrected chi connectivity index (χ2v) is 3.61. The topological polar surface area (TPSA) is 45.0 Å². The molecule has 0 bridgehead atoms. The first-order valence-corrected chi connectivity index (χ1v) is 4.95. The van der Waals surface area contributed by atoms with Crippen molar-refractivity contribution >= 4 is 11.4 Å². The van der Waals surface area contributed by atoms with Crippen molar-refractivity contribution in [3.8, 4) is 0 Å². The Balaban J connectivity index is 2.15. The molecule has 0 fully saturated rings. The maximum Gasteiger partial charge on any atom is 0.0600 e. The molecule has 3 N–H and O–H groups in total. The van der Waals surface area contributed by atoms with Gasteiger partial charge in [-0.05, 0) is 24.3 Å². The molecule has 1 heterocycles. The summed E-state index contributed by atoms with van der Waals surface area (Å²) in [6.45, 7) is 0.835. The molecule has 0 aliphatic heterocycles. The molecule has 2 aromatic rings. The van der Waals surface area contributed by atoms with Crippen molar-refractivity contribution < 1.29 is 0 Å². The van der Waals surface area contributed by atoms with E-state index in [0.717, 1.165) is 17.9 Å². The molecule has 0 amide bonds. The molecule has 1 aromatic heterocycles. The third-order valence-electron chi connectivity index (χ3n) is 2.42. The lowest BCUT2D eigenvalue weighted by Crippen LogP contribution is -2.17. The summed E-state index contributed by atoms with van der Waals surface area (Å²) >= 11 is 0. The van der Waals surface area contributed by atoms with Gasteiger partial charge in [-0.1, -0.05) is 12.1 Å². The van der Waals surface area contributed by atoms with Crippen LogP contribution in [0.3, 0.4) is 0 Å². The predicted octanol–water partition coefficient (Wildman–Crippen LogP) is 2.23. The van der Waals surface area contributed by atoms with E-state index in [1.165, 1.54) is 5.69 Å². The van der Waals surface area contributed by atoms with Gasteiger partial charge < -0.3 is 15.6 Å². The second-order valence-electron chi connectivity index (χ2n) is 3.61. The summed E-state index contributed by atoms with van der Waals surface area (Å²) in [5.74, 6) is 0. The molecular formula is C12H15N3. The van der Waals surface area contributed by atoms with Crippen LogP contribution >= 0.6 is 0 Å². The summed E-state index contributed by atoms with van der Waals surface area (Å²) in [6.07, 6.45) is 1.93. The highest BCUT2D eigenvalue weighted by Crippen LogP contribution is 2.22. The summed E-state index contributed by atoms with van der Waals surface area (Å²) in [5.41, 5.74) is 8.95. The molecule has 3 heteroatoms. The third-order valence-corrected chi connectivity index (χ3v) is 2.42. The van der Waals surface area contributed by atoms with E-state index in [1.807, 2.05) is 43.6 Å². The summed E-state index contributed by atoms with van der Waals surface area (Å²) in [5, 5.41) is 0. The number of nitrogens with one attached hydrogen (secondary N) is 1. The quantitative estimate of drug-likeness (QED) is 0.748.